The molecule has 3 aromatic rings. The van der Waals surface area contributed by atoms with Crippen molar-refractivity contribution in [2.45, 2.75) is 20.0 Å². The molecule has 0 aliphatic carbocycles. The van der Waals surface area contributed by atoms with E-state index in [9.17, 15) is 9.18 Å². The van der Waals surface area contributed by atoms with Crippen LogP contribution in [0.15, 0.2) is 48.7 Å². The molecule has 2 heterocycles. The molecule has 2 aromatic heterocycles. The molecule has 0 bridgehead atoms. The molecule has 0 fully saturated rings. The first-order chi connectivity index (χ1) is 12.9. The van der Waals surface area contributed by atoms with Gasteiger partial charge in [-0.05, 0) is 49.7 Å². The summed E-state index contributed by atoms with van der Waals surface area (Å²) >= 11 is 0. The number of amides is 1. The standard InChI is InChI=1S/C19H18FN5O2/c1-11(2)27-18-8-6-15(24-25-18)19(26)23-16-9-12(3-5-14(16)21)13-4-7-17(20)22-10-13/h3-11H,21H2,1-2H3,(H,23,26). The fourth-order valence-corrected chi connectivity index (χ4v) is 2.32. The Morgan fingerprint density at radius 2 is 1.89 bits per heavy atom. The summed E-state index contributed by atoms with van der Waals surface area (Å²) in [7, 11) is 0. The smallest absolute Gasteiger partial charge is 0.276 e. The van der Waals surface area contributed by atoms with Crippen LogP contribution in [0.1, 0.15) is 24.3 Å². The molecule has 3 rings (SSSR count). The lowest BCUT2D eigenvalue weighted by molar-refractivity contribution is 0.102. The van der Waals surface area contributed by atoms with E-state index in [0.717, 1.165) is 5.56 Å². The Morgan fingerprint density at radius 3 is 2.52 bits per heavy atom. The van der Waals surface area contributed by atoms with Crippen molar-refractivity contribution in [3.63, 3.8) is 0 Å². The third-order valence-electron chi connectivity index (χ3n) is 3.59. The zero-order valence-corrected chi connectivity index (χ0v) is 14.8. The van der Waals surface area contributed by atoms with Gasteiger partial charge in [-0.25, -0.2) is 4.98 Å². The summed E-state index contributed by atoms with van der Waals surface area (Å²) in [5, 5.41) is 10.4. The van der Waals surface area contributed by atoms with Gasteiger partial charge in [-0.3, -0.25) is 4.79 Å². The van der Waals surface area contributed by atoms with E-state index in [0.29, 0.717) is 22.8 Å². The third-order valence-corrected chi connectivity index (χ3v) is 3.59. The second-order valence-electron chi connectivity index (χ2n) is 6.05. The number of nitrogens with one attached hydrogen (secondary N) is 1. The van der Waals surface area contributed by atoms with Crippen molar-refractivity contribution in [3.8, 4) is 17.0 Å². The molecular weight excluding hydrogens is 349 g/mol. The minimum atomic E-state index is -0.564. The van der Waals surface area contributed by atoms with Crippen molar-refractivity contribution in [2.24, 2.45) is 0 Å². The van der Waals surface area contributed by atoms with Crippen LogP contribution in [0.3, 0.4) is 0 Å². The monoisotopic (exact) mass is 367 g/mol. The van der Waals surface area contributed by atoms with Crippen molar-refractivity contribution >= 4 is 17.3 Å². The molecule has 27 heavy (non-hydrogen) atoms. The highest BCUT2D eigenvalue weighted by Gasteiger charge is 2.12. The molecule has 0 aliphatic heterocycles. The van der Waals surface area contributed by atoms with E-state index < -0.39 is 11.9 Å². The Labute approximate surface area is 155 Å². The summed E-state index contributed by atoms with van der Waals surface area (Å²) in [6.07, 6.45) is 1.37. The van der Waals surface area contributed by atoms with Crippen molar-refractivity contribution in [1.29, 1.82) is 0 Å². The average molecular weight is 367 g/mol. The van der Waals surface area contributed by atoms with Gasteiger partial charge in [-0.15, -0.1) is 10.2 Å². The van der Waals surface area contributed by atoms with E-state index in [2.05, 4.69) is 20.5 Å². The second-order valence-corrected chi connectivity index (χ2v) is 6.05. The van der Waals surface area contributed by atoms with Crippen LogP contribution >= 0.6 is 0 Å². The number of rotatable bonds is 5. The van der Waals surface area contributed by atoms with E-state index in [-0.39, 0.29) is 11.8 Å². The fraction of sp³-hybridized carbons (Fsp3) is 0.158. The van der Waals surface area contributed by atoms with Crippen LogP contribution in [0.2, 0.25) is 0 Å². The highest BCUT2D eigenvalue weighted by molar-refractivity contribution is 6.04. The SMILES string of the molecule is CC(C)Oc1ccc(C(=O)Nc2cc(-c3ccc(F)nc3)ccc2N)nn1. The lowest BCUT2D eigenvalue weighted by Crippen LogP contribution is -2.16. The number of nitrogens with zero attached hydrogens (tertiary/aromatic N) is 3. The summed E-state index contributed by atoms with van der Waals surface area (Å²) < 4.78 is 18.4. The number of pyridine rings is 1. The number of aromatic nitrogens is 3. The molecule has 7 nitrogen and oxygen atoms in total. The molecule has 0 unspecified atom stereocenters. The van der Waals surface area contributed by atoms with Gasteiger partial charge in [-0.1, -0.05) is 6.07 Å². The number of benzene rings is 1. The molecule has 8 heteroatoms. The summed E-state index contributed by atoms with van der Waals surface area (Å²) in [4.78, 5) is 16.0. The van der Waals surface area contributed by atoms with Gasteiger partial charge in [-0.2, -0.15) is 4.39 Å². The van der Waals surface area contributed by atoms with Gasteiger partial charge in [0.1, 0.15) is 0 Å². The second kappa shape index (κ2) is 7.77. The summed E-state index contributed by atoms with van der Waals surface area (Å²) in [6.45, 7) is 3.74. The van der Waals surface area contributed by atoms with Crippen LogP contribution < -0.4 is 15.8 Å². The number of ether oxygens (including phenoxy) is 1. The zero-order chi connectivity index (χ0) is 19.4. The van der Waals surface area contributed by atoms with Gasteiger partial charge in [0.2, 0.25) is 11.8 Å². The van der Waals surface area contributed by atoms with Crippen LogP contribution in [0.25, 0.3) is 11.1 Å². The molecule has 0 saturated heterocycles. The van der Waals surface area contributed by atoms with Crippen molar-refractivity contribution < 1.29 is 13.9 Å². The molecule has 1 amide bonds. The van der Waals surface area contributed by atoms with Crippen molar-refractivity contribution in [2.75, 3.05) is 11.1 Å². The third kappa shape index (κ3) is 4.55. The molecule has 0 aliphatic rings. The van der Waals surface area contributed by atoms with Gasteiger partial charge in [0, 0.05) is 17.8 Å². The molecular formula is C19H18FN5O2. The molecule has 0 radical (unpaired) electrons. The Kier molecular flexibility index (Phi) is 5.25. The quantitative estimate of drug-likeness (QED) is 0.530. The van der Waals surface area contributed by atoms with Gasteiger partial charge >= 0.3 is 0 Å². The Bertz CT molecular complexity index is 943. The van der Waals surface area contributed by atoms with Crippen molar-refractivity contribution in [1.82, 2.24) is 15.2 Å². The predicted octanol–water partition coefficient (Wildman–Crippen LogP) is 3.30. The molecule has 0 atom stereocenters. The van der Waals surface area contributed by atoms with Crippen LogP contribution in [0.4, 0.5) is 15.8 Å². The predicted molar refractivity (Wildman–Crippen MR) is 99.8 cm³/mol. The first-order valence-electron chi connectivity index (χ1n) is 8.25. The van der Waals surface area contributed by atoms with Crippen LogP contribution in [-0.4, -0.2) is 27.2 Å². The topological polar surface area (TPSA) is 103 Å². The van der Waals surface area contributed by atoms with E-state index in [4.69, 9.17) is 10.5 Å². The van der Waals surface area contributed by atoms with E-state index >= 15 is 0 Å². The first kappa shape index (κ1) is 18.2. The normalized spacial score (nSPS) is 10.7. The molecule has 138 valence electrons. The lowest BCUT2D eigenvalue weighted by atomic mass is 10.1. The number of hydrogen-bond donors (Lipinski definition) is 2. The number of carbonyl (C=O) groups excluding carboxylic acids is 1. The number of nitrogens with two attached hydrogens (primary N) is 1. The summed E-state index contributed by atoms with van der Waals surface area (Å²) in [5.41, 5.74) is 8.30. The van der Waals surface area contributed by atoms with E-state index in [1.165, 1.54) is 18.3 Å². The average Bonchev–Trinajstić information content (AvgIpc) is 2.64. The number of nitrogen functional groups attached to an aromatic ring is 1. The minimum absolute atomic E-state index is 0.0394. The highest BCUT2D eigenvalue weighted by atomic mass is 19.1. The Balaban J connectivity index is 1.79. The Morgan fingerprint density at radius 1 is 1.11 bits per heavy atom. The number of anilines is 2. The van der Waals surface area contributed by atoms with Crippen LogP contribution in [-0.2, 0) is 0 Å². The summed E-state index contributed by atoms with van der Waals surface area (Å²) in [6, 6.07) is 11.1. The van der Waals surface area contributed by atoms with Gasteiger partial charge in [0.05, 0.1) is 17.5 Å². The number of halogens is 1. The lowest BCUT2D eigenvalue weighted by Gasteiger charge is -2.11. The molecule has 0 saturated carbocycles. The van der Waals surface area contributed by atoms with Crippen LogP contribution in [0.5, 0.6) is 5.88 Å². The maximum Gasteiger partial charge on any atom is 0.276 e. The number of carbonyl (C=O) groups is 1. The maximum absolute atomic E-state index is 13.0. The van der Waals surface area contributed by atoms with Crippen molar-refractivity contribution in [3.05, 3.63) is 60.3 Å². The van der Waals surface area contributed by atoms with E-state index in [1.807, 2.05) is 13.8 Å². The largest absolute Gasteiger partial charge is 0.474 e. The van der Waals surface area contributed by atoms with Crippen LogP contribution in [0, 0.1) is 5.95 Å². The summed E-state index contributed by atoms with van der Waals surface area (Å²) in [5.74, 6) is -0.683. The number of hydrogen-bond acceptors (Lipinski definition) is 6. The zero-order valence-electron chi connectivity index (χ0n) is 14.8. The minimum Gasteiger partial charge on any atom is -0.474 e. The molecule has 1 aromatic carbocycles. The highest BCUT2D eigenvalue weighted by Crippen LogP contribution is 2.27. The van der Waals surface area contributed by atoms with E-state index in [1.54, 1.807) is 30.3 Å². The maximum atomic E-state index is 13.0. The van der Waals surface area contributed by atoms with Gasteiger partial charge < -0.3 is 15.8 Å². The first-order valence-corrected chi connectivity index (χ1v) is 8.25. The van der Waals surface area contributed by atoms with Gasteiger partial charge in [0.25, 0.3) is 5.91 Å². The molecule has 0 spiro atoms. The molecule has 3 N–H and O–H groups in total. The Hall–Kier alpha value is -3.55. The fourth-order valence-electron chi connectivity index (χ4n) is 2.32. The van der Waals surface area contributed by atoms with Gasteiger partial charge in [0.15, 0.2) is 5.69 Å².